The van der Waals surface area contributed by atoms with Gasteiger partial charge in [-0.1, -0.05) is 23.2 Å². The molecule has 3 rings (SSSR count). The number of amides is 1. The molecule has 5 nitrogen and oxygen atoms in total. The van der Waals surface area contributed by atoms with Crippen molar-refractivity contribution >= 4 is 34.9 Å². The lowest BCUT2D eigenvalue weighted by atomic mass is 10.1. The standard InChI is InChI=1S/C15H12Cl2N2O3/c16-11-2-1-9(7-12(11)17)14-18-13(8-22-14)15(21)19-5-3-10(20)4-6-19/h1-2,7-8H,3-6H2. The van der Waals surface area contributed by atoms with Crippen LogP contribution in [0.15, 0.2) is 28.9 Å². The molecule has 0 aliphatic carbocycles. The summed E-state index contributed by atoms with van der Waals surface area (Å²) in [5, 5.41) is 0.825. The Morgan fingerprint density at radius 2 is 1.91 bits per heavy atom. The number of carbonyl (C=O) groups excluding carboxylic acids is 2. The zero-order chi connectivity index (χ0) is 15.7. The minimum absolute atomic E-state index is 0.181. The summed E-state index contributed by atoms with van der Waals surface area (Å²) >= 11 is 11.8. The molecule has 1 amide bonds. The van der Waals surface area contributed by atoms with Gasteiger partial charge in [0.25, 0.3) is 5.91 Å². The lowest BCUT2D eigenvalue weighted by Gasteiger charge is -2.24. The highest BCUT2D eigenvalue weighted by Gasteiger charge is 2.24. The third-order valence-corrected chi connectivity index (χ3v) is 4.24. The van der Waals surface area contributed by atoms with Gasteiger partial charge in [-0.3, -0.25) is 9.59 Å². The Kier molecular flexibility index (Phi) is 4.18. The van der Waals surface area contributed by atoms with Crippen LogP contribution in [0.25, 0.3) is 11.5 Å². The van der Waals surface area contributed by atoms with E-state index in [0.29, 0.717) is 47.4 Å². The molecule has 1 fully saturated rings. The van der Waals surface area contributed by atoms with E-state index in [-0.39, 0.29) is 17.4 Å². The predicted octanol–water partition coefficient (Wildman–Crippen LogP) is 3.45. The van der Waals surface area contributed by atoms with Gasteiger partial charge >= 0.3 is 0 Å². The minimum Gasteiger partial charge on any atom is -0.444 e. The number of hydrogen-bond donors (Lipinski definition) is 0. The molecule has 1 aliphatic rings. The Balaban J connectivity index is 1.79. The molecule has 7 heteroatoms. The summed E-state index contributed by atoms with van der Waals surface area (Å²) in [6, 6.07) is 4.98. The molecular weight excluding hydrogens is 327 g/mol. The number of carbonyl (C=O) groups is 2. The van der Waals surface area contributed by atoms with Gasteiger partial charge in [0.05, 0.1) is 10.0 Å². The lowest BCUT2D eigenvalue weighted by molar-refractivity contribution is -0.120. The minimum atomic E-state index is -0.234. The molecule has 0 unspecified atom stereocenters. The molecule has 0 spiro atoms. The molecule has 22 heavy (non-hydrogen) atoms. The molecule has 1 aromatic heterocycles. The molecule has 114 valence electrons. The Morgan fingerprint density at radius 1 is 1.18 bits per heavy atom. The number of ketones is 1. The van der Waals surface area contributed by atoms with E-state index in [9.17, 15) is 9.59 Å². The highest BCUT2D eigenvalue weighted by Crippen LogP contribution is 2.28. The summed E-state index contributed by atoms with van der Waals surface area (Å²) in [7, 11) is 0. The molecule has 0 N–H and O–H groups in total. The second kappa shape index (κ2) is 6.10. The SMILES string of the molecule is O=C1CCN(C(=O)c2coc(-c3ccc(Cl)c(Cl)c3)n2)CC1. The van der Waals surface area contributed by atoms with E-state index in [1.165, 1.54) is 6.26 Å². The van der Waals surface area contributed by atoms with Crippen LogP contribution in [0.1, 0.15) is 23.3 Å². The van der Waals surface area contributed by atoms with Gasteiger partial charge in [-0.15, -0.1) is 0 Å². The van der Waals surface area contributed by atoms with Crippen molar-refractivity contribution in [3.63, 3.8) is 0 Å². The number of benzene rings is 1. The van der Waals surface area contributed by atoms with E-state index in [2.05, 4.69) is 4.98 Å². The fourth-order valence-electron chi connectivity index (χ4n) is 2.25. The van der Waals surface area contributed by atoms with Crippen molar-refractivity contribution in [2.24, 2.45) is 0 Å². The van der Waals surface area contributed by atoms with E-state index in [4.69, 9.17) is 27.6 Å². The van der Waals surface area contributed by atoms with Crippen molar-refractivity contribution in [1.82, 2.24) is 9.88 Å². The van der Waals surface area contributed by atoms with Crippen molar-refractivity contribution in [1.29, 1.82) is 0 Å². The predicted molar refractivity (Wildman–Crippen MR) is 82.1 cm³/mol. The van der Waals surface area contributed by atoms with Gasteiger partial charge in [-0.25, -0.2) is 4.98 Å². The summed E-state index contributed by atoms with van der Waals surface area (Å²) < 4.78 is 5.35. The van der Waals surface area contributed by atoms with Gasteiger partial charge in [0.1, 0.15) is 12.0 Å². The summed E-state index contributed by atoms with van der Waals surface area (Å²) in [4.78, 5) is 29.3. The van der Waals surface area contributed by atoms with Crippen molar-refractivity contribution in [2.75, 3.05) is 13.1 Å². The van der Waals surface area contributed by atoms with Crippen LogP contribution in [0.4, 0.5) is 0 Å². The van der Waals surface area contributed by atoms with Gasteiger partial charge < -0.3 is 9.32 Å². The number of Topliss-reactive ketones (excluding diaryl/α,β-unsaturated/α-hetero) is 1. The van der Waals surface area contributed by atoms with E-state index in [1.54, 1.807) is 23.1 Å². The molecule has 0 saturated carbocycles. The van der Waals surface area contributed by atoms with Crippen LogP contribution in [0.2, 0.25) is 10.0 Å². The maximum absolute atomic E-state index is 12.3. The summed E-state index contributed by atoms with van der Waals surface area (Å²) in [6.45, 7) is 0.846. The van der Waals surface area contributed by atoms with Crippen molar-refractivity contribution in [3.05, 3.63) is 40.2 Å². The van der Waals surface area contributed by atoms with Crippen molar-refractivity contribution < 1.29 is 14.0 Å². The third kappa shape index (κ3) is 3.00. The van der Waals surface area contributed by atoms with E-state index in [1.807, 2.05) is 0 Å². The van der Waals surface area contributed by atoms with E-state index < -0.39 is 0 Å². The first kappa shape index (κ1) is 15.1. The average molecular weight is 339 g/mol. The molecule has 0 atom stereocenters. The Labute approximate surface area is 136 Å². The molecule has 1 aromatic carbocycles. The lowest BCUT2D eigenvalue weighted by Crippen LogP contribution is -2.38. The first-order valence-corrected chi connectivity index (χ1v) is 7.52. The van der Waals surface area contributed by atoms with Gasteiger partial charge in [-0.2, -0.15) is 0 Å². The normalized spacial score (nSPS) is 15.2. The first-order valence-electron chi connectivity index (χ1n) is 6.76. The number of likely N-dealkylation sites (tertiary alicyclic amines) is 1. The summed E-state index contributed by atoms with van der Waals surface area (Å²) in [5.41, 5.74) is 0.859. The van der Waals surface area contributed by atoms with Crippen molar-refractivity contribution in [3.8, 4) is 11.5 Å². The van der Waals surface area contributed by atoms with E-state index in [0.717, 1.165) is 0 Å². The summed E-state index contributed by atoms with van der Waals surface area (Å²) in [6.07, 6.45) is 2.10. The highest BCUT2D eigenvalue weighted by atomic mass is 35.5. The second-order valence-corrected chi connectivity index (χ2v) is 5.81. The van der Waals surface area contributed by atoms with E-state index >= 15 is 0 Å². The zero-order valence-corrected chi connectivity index (χ0v) is 13.0. The van der Waals surface area contributed by atoms with Crippen LogP contribution in [0, 0.1) is 0 Å². The number of halogens is 2. The molecule has 2 heterocycles. The number of rotatable bonds is 2. The zero-order valence-electron chi connectivity index (χ0n) is 11.5. The maximum Gasteiger partial charge on any atom is 0.275 e. The first-order chi connectivity index (χ1) is 10.5. The van der Waals surface area contributed by atoms with Crippen LogP contribution < -0.4 is 0 Å². The average Bonchev–Trinajstić information content (AvgIpc) is 3.00. The Hall–Kier alpha value is -1.85. The van der Waals surface area contributed by atoms with Gasteiger partial charge in [0.15, 0.2) is 5.69 Å². The molecular formula is C15H12Cl2N2O3. The number of piperidine rings is 1. The van der Waals surface area contributed by atoms with Crippen LogP contribution >= 0.6 is 23.2 Å². The topological polar surface area (TPSA) is 63.4 Å². The summed E-state index contributed by atoms with van der Waals surface area (Å²) in [5.74, 6) is 0.248. The highest BCUT2D eigenvalue weighted by molar-refractivity contribution is 6.42. The van der Waals surface area contributed by atoms with Gasteiger partial charge in [0.2, 0.25) is 5.89 Å². The fourth-order valence-corrected chi connectivity index (χ4v) is 2.55. The molecule has 2 aromatic rings. The smallest absolute Gasteiger partial charge is 0.275 e. The second-order valence-electron chi connectivity index (χ2n) is 5.00. The van der Waals surface area contributed by atoms with Crippen LogP contribution in [-0.4, -0.2) is 34.7 Å². The number of aromatic nitrogens is 1. The molecule has 0 bridgehead atoms. The molecule has 0 radical (unpaired) electrons. The maximum atomic E-state index is 12.3. The van der Waals surface area contributed by atoms with Crippen LogP contribution in [-0.2, 0) is 4.79 Å². The number of hydrogen-bond acceptors (Lipinski definition) is 4. The van der Waals surface area contributed by atoms with Crippen LogP contribution in [0.5, 0.6) is 0 Å². The van der Waals surface area contributed by atoms with Gasteiger partial charge in [0, 0.05) is 31.5 Å². The van der Waals surface area contributed by atoms with Gasteiger partial charge in [-0.05, 0) is 18.2 Å². The third-order valence-electron chi connectivity index (χ3n) is 3.50. The largest absolute Gasteiger partial charge is 0.444 e. The Bertz CT molecular complexity index is 732. The monoisotopic (exact) mass is 338 g/mol. The number of oxazole rings is 1. The quantitative estimate of drug-likeness (QED) is 0.841. The fraction of sp³-hybridized carbons (Fsp3) is 0.267. The molecule has 1 aliphatic heterocycles. The van der Waals surface area contributed by atoms with Crippen LogP contribution in [0.3, 0.4) is 0 Å². The number of nitrogens with zero attached hydrogens (tertiary/aromatic N) is 2. The Morgan fingerprint density at radius 3 is 2.59 bits per heavy atom. The molecule has 1 saturated heterocycles. The van der Waals surface area contributed by atoms with Crippen molar-refractivity contribution in [2.45, 2.75) is 12.8 Å².